The lowest BCUT2D eigenvalue weighted by Gasteiger charge is -2.21. The van der Waals surface area contributed by atoms with E-state index in [0.717, 1.165) is 32.0 Å². The first-order valence-electron chi connectivity index (χ1n) is 7.44. The normalized spacial score (nSPS) is 21.4. The highest BCUT2D eigenvalue weighted by Gasteiger charge is 2.13. The first-order chi connectivity index (χ1) is 8.18. The maximum atomic E-state index is 9.26. The van der Waals surface area contributed by atoms with Crippen molar-refractivity contribution < 1.29 is 9.84 Å². The van der Waals surface area contributed by atoms with Gasteiger partial charge in [0.15, 0.2) is 0 Å². The molecule has 1 aliphatic carbocycles. The van der Waals surface area contributed by atoms with Gasteiger partial charge in [0.1, 0.15) is 0 Å². The quantitative estimate of drug-likeness (QED) is 0.657. The molecule has 0 bridgehead atoms. The second-order valence-electron chi connectivity index (χ2n) is 5.91. The summed E-state index contributed by atoms with van der Waals surface area (Å²) >= 11 is 0. The molecule has 2 nitrogen and oxygen atoms in total. The Morgan fingerprint density at radius 1 is 1.18 bits per heavy atom. The Morgan fingerprint density at radius 2 is 1.88 bits per heavy atom. The summed E-state index contributed by atoms with van der Waals surface area (Å²) in [6.45, 7) is 5.97. The molecule has 0 aliphatic heterocycles. The van der Waals surface area contributed by atoms with Crippen LogP contribution in [0.1, 0.15) is 65.2 Å². The predicted octanol–water partition coefficient (Wildman–Crippen LogP) is 3.77. The molecular weight excluding hydrogens is 212 g/mol. The smallest absolute Gasteiger partial charge is 0.0514 e. The molecule has 0 saturated heterocycles. The zero-order valence-corrected chi connectivity index (χ0v) is 11.7. The molecule has 102 valence electrons. The lowest BCUT2D eigenvalue weighted by Crippen LogP contribution is -2.14. The third-order valence-electron chi connectivity index (χ3n) is 3.81. The van der Waals surface area contributed by atoms with Gasteiger partial charge in [-0.05, 0) is 50.9 Å². The predicted molar refractivity (Wildman–Crippen MR) is 72.1 cm³/mol. The highest BCUT2D eigenvalue weighted by Crippen LogP contribution is 2.23. The largest absolute Gasteiger partial charge is 0.393 e. The van der Waals surface area contributed by atoms with Crippen molar-refractivity contribution in [2.75, 3.05) is 13.2 Å². The molecule has 0 spiro atoms. The van der Waals surface area contributed by atoms with Gasteiger partial charge in [0.2, 0.25) is 0 Å². The van der Waals surface area contributed by atoms with Gasteiger partial charge in [0.05, 0.1) is 6.10 Å². The highest BCUT2D eigenvalue weighted by molar-refractivity contribution is 4.65. The fourth-order valence-corrected chi connectivity index (χ4v) is 2.84. The molecule has 1 rings (SSSR count). The van der Waals surface area contributed by atoms with Gasteiger partial charge in [-0.1, -0.05) is 26.2 Å². The number of hydrogen-bond acceptors (Lipinski definition) is 2. The van der Waals surface area contributed by atoms with E-state index in [4.69, 9.17) is 4.74 Å². The van der Waals surface area contributed by atoms with Gasteiger partial charge in [-0.3, -0.25) is 0 Å². The Kier molecular flexibility index (Phi) is 7.87. The summed E-state index contributed by atoms with van der Waals surface area (Å²) in [4.78, 5) is 0. The van der Waals surface area contributed by atoms with E-state index in [9.17, 15) is 5.11 Å². The topological polar surface area (TPSA) is 29.5 Å². The SMILES string of the molecule is CC(O)CC(C)CCCOCC1CCCCC1. The summed E-state index contributed by atoms with van der Waals surface area (Å²) in [6.07, 6.45) is 10.1. The minimum atomic E-state index is -0.159. The van der Waals surface area contributed by atoms with Crippen molar-refractivity contribution in [2.24, 2.45) is 11.8 Å². The molecule has 0 radical (unpaired) electrons. The molecule has 0 aromatic rings. The van der Waals surface area contributed by atoms with E-state index < -0.39 is 0 Å². The first-order valence-corrected chi connectivity index (χ1v) is 7.44. The zero-order chi connectivity index (χ0) is 12.5. The lowest BCUT2D eigenvalue weighted by atomic mass is 9.90. The van der Waals surface area contributed by atoms with E-state index in [1.54, 1.807) is 0 Å². The van der Waals surface area contributed by atoms with Crippen LogP contribution in [0.5, 0.6) is 0 Å². The van der Waals surface area contributed by atoms with Crippen LogP contribution in [0.3, 0.4) is 0 Å². The summed E-state index contributed by atoms with van der Waals surface area (Å²) in [5, 5.41) is 9.26. The average Bonchev–Trinajstić information content (AvgIpc) is 2.29. The molecule has 17 heavy (non-hydrogen) atoms. The molecule has 0 aromatic carbocycles. The van der Waals surface area contributed by atoms with Crippen LogP contribution in [0, 0.1) is 11.8 Å². The van der Waals surface area contributed by atoms with Crippen LogP contribution in [0.4, 0.5) is 0 Å². The minimum Gasteiger partial charge on any atom is -0.393 e. The van der Waals surface area contributed by atoms with Crippen molar-refractivity contribution >= 4 is 0 Å². The van der Waals surface area contributed by atoms with Crippen LogP contribution >= 0.6 is 0 Å². The summed E-state index contributed by atoms with van der Waals surface area (Å²) < 4.78 is 5.77. The highest BCUT2D eigenvalue weighted by atomic mass is 16.5. The summed E-state index contributed by atoms with van der Waals surface area (Å²) in [7, 11) is 0. The van der Waals surface area contributed by atoms with Crippen LogP contribution in [-0.2, 0) is 4.74 Å². The van der Waals surface area contributed by atoms with Gasteiger partial charge < -0.3 is 9.84 Å². The third kappa shape index (κ3) is 7.77. The Bertz CT molecular complexity index is 174. The number of aliphatic hydroxyl groups excluding tert-OH is 1. The van der Waals surface area contributed by atoms with E-state index in [1.165, 1.54) is 38.5 Å². The molecule has 2 heteroatoms. The number of aliphatic hydroxyl groups is 1. The molecule has 0 aromatic heterocycles. The third-order valence-corrected chi connectivity index (χ3v) is 3.81. The van der Waals surface area contributed by atoms with Crippen LogP contribution < -0.4 is 0 Å². The average molecular weight is 242 g/mol. The molecule has 1 fully saturated rings. The van der Waals surface area contributed by atoms with Crippen LogP contribution in [0.15, 0.2) is 0 Å². The number of hydrogen-bond donors (Lipinski definition) is 1. The van der Waals surface area contributed by atoms with Crippen molar-refractivity contribution in [2.45, 2.75) is 71.3 Å². The standard InChI is InChI=1S/C15H30O2/c1-13(11-14(2)16)7-6-10-17-12-15-8-4-3-5-9-15/h13-16H,3-12H2,1-2H3. The fraction of sp³-hybridized carbons (Fsp3) is 1.00. The molecule has 1 aliphatic rings. The molecule has 0 heterocycles. The fourth-order valence-electron chi connectivity index (χ4n) is 2.84. The monoisotopic (exact) mass is 242 g/mol. The maximum Gasteiger partial charge on any atom is 0.0514 e. The van der Waals surface area contributed by atoms with Crippen molar-refractivity contribution in [1.29, 1.82) is 0 Å². The van der Waals surface area contributed by atoms with Gasteiger partial charge in [-0.25, -0.2) is 0 Å². The van der Waals surface area contributed by atoms with Crippen molar-refractivity contribution in [3.05, 3.63) is 0 Å². The molecule has 1 saturated carbocycles. The lowest BCUT2D eigenvalue weighted by molar-refractivity contribution is 0.0788. The van der Waals surface area contributed by atoms with Gasteiger partial charge in [0, 0.05) is 13.2 Å². The second-order valence-corrected chi connectivity index (χ2v) is 5.91. The molecule has 1 N–H and O–H groups in total. The van der Waals surface area contributed by atoms with E-state index in [2.05, 4.69) is 6.92 Å². The van der Waals surface area contributed by atoms with Crippen LogP contribution in [-0.4, -0.2) is 24.4 Å². The van der Waals surface area contributed by atoms with E-state index >= 15 is 0 Å². The van der Waals surface area contributed by atoms with Crippen molar-refractivity contribution in [3.63, 3.8) is 0 Å². The second kappa shape index (κ2) is 8.93. The van der Waals surface area contributed by atoms with Crippen molar-refractivity contribution in [3.8, 4) is 0 Å². The number of rotatable bonds is 8. The Labute approximate surface area is 107 Å². The van der Waals surface area contributed by atoms with Crippen molar-refractivity contribution in [1.82, 2.24) is 0 Å². The zero-order valence-electron chi connectivity index (χ0n) is 11.7. The summed E-state index contributed by atoms with van der Waals surface area (Å²) in [5.41, 5.74) is 0. The minimum absolute atomic E-state index is 0.159. The van der Waals surface area contributed by atoms with E-state index in [0.29, 0.717) is 5.92 Å². The van der Waals surface area contributed by atoms with Crippen LogP contribution in [0.2, 0.25) is 0 Å². The molecule has 2 unspecified atom stereocenters. The first kappa shape index (κ1) is 15.0. The Hall–Kier alpha value is -0.0800. The van der Waals surface area contributed by atoms with Gasteiger partial charge >= 0.3 is 0 Å². The number of ether oxygens (including phenoxy) is 1. The van der Waals surface area contributed by atoms with E-state index in [-0.39, 0.29) is 6.10 Å². The maximum absolute atomic E-state index is 9.26. The summed E-state index contributed by atoms with van der Waals surface area (Å²) in [6, 6.07) is 0. The Balaban J connectivity index is 1.89. The van der Waals surface area contributed by atoms with Gasteiger partial charge in [-0.15, -0.1) is 0 Å². The molecule has 2 atom stereocenters. The van der Waals surface area contributed by atoms with Crippen LogP contribution in [0.25, 0.3) is 0 Å². The summed E-state index contributed by atoms with van der Waals surface area (Å²) in [5.74, 6) is 1.45. The molecule has 0 amide bonds. The van der Waals surface area contributed by atoms with Gasteiger partial charge in [0.25, 0.3) is 0 Å². The van der Waals surface area contributed by atoms with Gasteiger partial charge in [-0.2, -0.15) is 0 Å². The van der Waals surface area contributed by atoms with E-state index in [1.807, 2.05) is 6.92 Å². The Morgan fingerprint density at radius 3 is 2.53 bits per heavy atom. The molecular formula is C15H30O2.